The number of para-hydroxylation sites is 1. The van der Waals surface area contributed by atoms with Crippen molar-refractivity contribution in [3.05, 3.63) is 63.8 Å². The second kappa shape index (κ2) is 8.90. The van der Waals surface area contributed by atoms with Crippen LogP contribution in [0.3, 0.4) is 0 Å². The fourth-order valence-electron chi connectivity index (χ4n) is 3.40. The van der Waals surface area contributed by atoms with E-state index in [4.69, 9.17) is 30.6 Å². The Kier molecular flexibility index (Phi) is 6.06. The van der Waals surface area contributed by atoms with E-state index < -0.39 is 5.97 Å². The standard InChI is InChI=1S/C23H21ClO6/c24-19-4-1-3-18-20(25)13-21(30-22(18)19)14-5-7-16(8-6-14)28-9-2-10-29-17-11-15(12-17)23(26)27/h1,3-8,13,15,17H,2,9-12H2,(H,26,27). The van der Waals surface area contributed by atoms with Crippen LogP contribution in [-0.4, -0.2) is 30.4 Å². The van der Waals surface area contributed by atoms with Crippen LogP contribution in [-0.2, 0) is 9.53 Å². The maximum atomic E-state index is 12.3. The Bertz CT molecular complexity index is 1100. The Morgan fingerprint density at radius 3 is 2.63 bits per heavy atom. The van der Waals surface area contributed by atoms with Crippen molar-refractivity contribution < 1.29 is 23.8 Å². The minimum Gasteiger partial charge on any atom is -0.494 e. The molecule has 0 radical (unpaired) electrons. The van der Waals surface area contributed by atoms with E-state index in [0.29, 0.717) is 60.0 Å². The molecular formula is C23H21ClO6. The first kappa shape index (κ1) is 20.4. The number of carboxylic acid groups (broad SMARTS) is 1. The maximum absolute atomic E-state index is 12.3. The number of carbonyl (C=O) groups is 1. The highest BCUT2D eigenvalue weighted by atomic mass is 35.5. The van der Waals surface area contributed by atoms with Gasteiger partial charge in [-0.15, -0.1) is 0 Å². The third kappa shape index (κ3) is 4.50. The number of rotatable bonds is 8. The van der Waals surface area contributed by atoms with Crippen molar-refractivity contribution >= 4 is 28.5 Å². The summed E-state index contributed by atoms with van der Waals surface area (Å²) in [7, 11) is 0. The van der Waals surface area contributed by atoms with Crippen molar-refractivity contribution in [3.8, 4) is 17.1 Å². The molecule has 156 valence electrons. The lowest BCUT2D eigenvalue weighted by Gasteiger charge is -2.32. The van der Waals surface area contributed by atoms with Crippen molar-refractivity contribution in [1.82, 2.24) is 0 Å². The molecule has 0 spiro atoms. The second-order valence-electron chi connectivity index (χ2n) is 7.32. The Balaban J connectivity index is 1.29. The van der Waals surface area contributed by atoms with Crippen LogP contribution < -0.4 is 10.2 Å². The second-order valence-corrected chi connectivity index (χ2v) is 7.72. The lowest BCUT2D eigenvalue weighted by molar-refractivity contribution is -0.151. The molecule has 0 bridgehead atoms. The highest BCUT2D eigenvalue weighted by Crippen LogP contribution is 2.30. The van der Waals surface area contributed by atoms with Crippen LogP contribution >= 0.6 is 11.6 Å². The van der Waals surface area contributed by atoms with Gasteiger partial charge in [0, 0.05) is 18.1 Å². The molecule has 1 aromatic heterocycles. The average Bonchev–Trinajstić information content (AvgIpc) is 2.70. The Hall–Kier alpha value is -2.83. The summed E-state index contributed by atoms with van der Waals surface area (Å²) >= 11 is 6.16. The summed E-state index contributed by atoms with van der Waals surface area (Å²) in [5.41, 5.74) is 0.987. The lowest BCUT2D eigenvalue weighted by Crippen LogP contribution is -2.36. The van der Waals surface area contributed by atoms with Crippen LogP contribution in [0, 0.1) is 5.92 Å². The fourth-order valence-corrected chi connectivity index (χ4v) is 3.62. The van der Waals surface area contributed by atoms with E-state index >= 15 is 0 Å². The summed E-state index contributed by atoms with van der Waals surface area (Å²) in [6, 6.07) is 13.8. The average molecular weight is 429 g/mol. The van der Waals surface area contributed by atoms with Gasteiger partial charge in [-0.1, -0.05) is 17.7 Å². The molecule has 3 aromatic rings. The molecule has 1 aliphatic carbocycles. The van der Waals surface area contributed by atoms with Crippen molar-refractivity contribution in [2.45, 2.75) is 25.4 Å². The fraction of sp³-hybridized carbons (Fsp3) is 0.304. The van der Waals surface area contributed by atoms with Crippen LogP contribution in [0.25, 0.3) is 22.3 Å². The molecule has 0 aliphatic heterocycles. The predicted molar refractivity (Wildman–Crippen MR) is 113 cm³/mol. The summed E-state index contributed by atoms with van der Waals surface area (Å²) in [6.07, 6.45) is 1.95. The van der Waals surface area contributed by atoms with E-state index in [9.17, 15) is 9.59 Å². The summed E-state index contributed by atoms with van der Waals surface area (Å²) in [5, 5.41) is 9.70. The van der Waals surface area contributed by atoms with Crippen LogP contribution in [0.2, 0.25) is 5.02 Å². The van der Waals surface area contributed by atoms with E-state index in [2.05, 4.69) is 0 Å². The van der Waals surface area contributed by atoms with Gasteiger partial charge in [-0.25, -0.2) is 0 Å². The smallest absolute Gasteiger partial charge is 0.306 e. The number of fused-ring (bicyclic) bond motifs is 1. The van der Waals surface area contributed by atoms with E-state index in [0.717, 1.165) is 5.56 Å². The van der Waals surface area contributed by atoms with Gasteiger partial charge in [-0.05, 0) is 49.2 Å². The van der Waals surface area contributed by atoms with Gasteiger partial charge in [-0.2, -0.15) is 0 Å². The van der Waals surface area contributed by atoms with Crippen LogP contribution in [0.1, 0.15) is 19.3 Å². The Labute approximate surface area is 178 Å². The van der Waals surface area contributed by atoms with Crippen LogP contribution in [0.5, 0.6) is 5.75 Å². The summed E-state index contributed by atoms with van der Waals surface area (Å²) in [4.78, 5) is 23.1. The first-order valence-electron chi connectivity index (χ1n) is 9.81. The highest BCUT2D eigenvalue weighted by molar-refractivity contribution is 6.34. The highest BCUT2D eigenvalue weighted by Gasteiger charge is 2.34. The topological polar surface area (TPSA) is 86.0 Å². The molecule has 1 heterocycles. The molecule has 4 rings (SSSR count). The third-order valence-corrected chi connectivity index (χ3v) is 5.50. The van der Waals surface area contributed by atoms with Gasteiger partial charge in [0.15, 0.2) is 11.0 Å². The normalized spacial score (nSPS) is 18.2. The van der Waals surface area contributed by atoms with Crippen LogP contribution in [0.15, 0.2) is 57.7 Å². The molecule has 0 unspecified atom stereocenters. The van der Waals surface area contributed by atoms with Gasteiger partial charge >= 0.3 is 5.97 Å². The molecule has 1 aliphatic rings. The minimum absolute atomic E-state index is 0.0514. The predicted octanol–water partition coefficient (Wildman–Crippen LogP) is 4.76. The molecule has 7 heteroatoms. The molecule has 0 saturated heterocycles. The van der Waals surface area contributed by atoms with E-state index in [-0.39, 0.29) is 17.5 Å². The van der Waals surface area contributed by atoms with Crippen molar-refractivity contribution in [2.75, 3.05) is 13.2 Å². The van der Waals surface area contributed by atoms with E-state index in [1.807, 2.05) is 24.3 Å². The summed E-state index contributed by atoms with van der Waals surface area (Å²) < 4.78 is 17.2. The third-order valence-electron chi connectivity index (χ3n) is 5.20. The number of hydrogen-bond donors (Lipinski definition) is 1. The molecule has 30 heavy (non-hydrogen) atoms. The number of hydrogen-bond acceptors (Lipinski definition) is 5. The van der Waals surface area contributed by atoms with Gasteiger partial charge < -0.3 is 19.0 Å². The molecule has 2 aromatic carbocycles. The van der Waals surface area contributed by atoms with Crippen molar-refractivity contribution in [1.29, 1.82) is 0 Å². The SMILES string of the molecule is O=C(O)C1CC(OCCCOc2ccc(-c3cc(=O)c4cccc(Cl)c4o3)cc2)C1. The molecule has 6 nitrogen and oxygen atoms in total. The Morgan fingerprint density at radius 1 is 1.13 bits per heavy atom. The zero-order chi connectivity index (χ0) is 21.1. The van der Waals surface area contributed by atoms with Gasteiger partial charge in [0.05, 0.1) is 35.6 Å². The summed E-state index contributed by atoms with van der Waals surface area (Å²) in [5.74, 6) is 0.149. The molecule has 1 N–H and O–H groups in total. The van der Waals surface area contributed by atoms with Crippen molar-refractivity contribution in [2.24, 2.45) is 5.92 Å². The van der Waals surface area contributed by atoms with E-state index in [1.165, 1.54) is 6.07 Å². The molecule has 0 amide bonds. The molecule has 0 atom stereocenters. The van der Waals surface area contributed by atoms with Gasteiger partial charge in [0.25, 0.3) is 0 Å². The number of carboxylic acids is 1. The first-order valence-corrected chi connectivity index (χ1v) is 10.2. The van der Waals surface area contributed by atoms with Gasteiger partial charge in [-0.3, -0.25) is 9.59 Å². The lowest BCUT2D eigenvalue weighted by atomic mass is 9.82. The first-order chi connectivity index (χ1) is 14.5. The van der Waals surface area contributed by atoms with Gasteiger partial charge in [0.1, 0.15) is 11.5 Å². The maximum Gasteiger partial charge on any atom is 0.306 e. The Morgan fingerprint density at radius 2 is 1.90 bits per heavy atom. The van der Waals surface area contributed by atoms with E-state index in [1.54, 1.807) is 18.2 Å². The summed E-state index contributed by atoms with van der Waals surface area (Å²) in [6.45, 7) is 1.03. The quantitative estimate of drug-likeness (QED) is 0.520. The van der Waals surface area contributed by atoms with Crippen LogP contribution in [0.4, 0.5) is 0 Å². The minimum atomic E-state index is -0.743. The number of benzene rings is 2. The zero-order valence-electron chi connectivity index (χ0n) is 16.2. The molecule has 1 fully saturated rings. The monoisotopic (exact) mass is 428 g/mol. The van der Waals surface area contributed by atoms with Gasteiger partial charge in [0.2, 0.25) is 0 Å². The number of halogens is 1. The van der Waals surface area contributed by atoms with Crippen molar-refractivity contribution in [3.63, 3.8) is 0 Å². The number of aliphatic carboxylic acids is 1. The molecular weight excluding hydrogens is 408 g/mol. The number of ether oxygens (including phenoxy) is 2. The largest absolute Gasteiger partial charge is 0.494 e. The zero-order valence-corrected chi connectivity index (χ0v) is 16.9. The molecule has 1 saturated carbocycles.